The number of hydrogen-bond donors (Lipinski definition) is 1. The highest BCUT2D eigenvalue weighted by atomic mass is 32.2. The third-order valence-electron chi connectivity index (χ3n) is 2.03. The van der Waals surface area contributed by atoms with Gasteiger partial charge >= 0.3 is 0 Å². The maximum Gasteiger partial charge on any atom is 0.204 e. The zero-order valence-corrected chi connectivity index (χ0v) is 8.94. The summed E-state index contributed by atoms with van der Waals surface area (Å²) in [5.41, 5.74) is 0. The molecule has 5 heteroatoms. The second-order valence-electron chi connectivity index (χ2n) is 2.92. The van der Waals surface area contributed by atoms with Gasteiger partial charge in [-0.3, -0.25) is 0 Å². The van der Waals surface area contributed by atoms with Crippen LogP contribution in [0.1, 0.15) is 19.8 Å². The molecule has 1 aliphatic heterocycles. The van der Waals surface area contributed by atoms with Crippen LogP contribution in [0.15, 0.2) is 0 Å². The third-order valence-corrected chi connectivity index (χ3v) is 4.07. The summed E-state index contributed by atoms with van der Waals surface area (Å²) in [4.78, 5) is 0. The van der Waals surface area contributed by atoms with Crippen molar-refractivity contribution >= 4 is 22.7 Å². The van der Waals surface area contributed by atoms with Crippen molar-refractivity contribution in [2.75, 3.05) is 18.1 Å². The Bertz CT molecular complexity index is 196. The molecule has 0 aliphatic carbocycles. The molecule has 1 heterocycles. The number of rotatable bonds is 3. The molecule has 1 unspecified atom stereocenters. The molecule has 12 heavy (non-hydrogen) atoms. The van der Waals surface area contributed by atoms with E-state index in [-0.39, 0.29) is 6.04 Å². The van der Waals surface area contributed by atoms with Crippen LogP contribution in [-0.4, -0.2) is 36.8 Å². The third kappa shape index (κ3) is 2.64. The van der Waals surface area contributed by atoms with Gasteiger partial charge in [0.25, 0.3) is 0 Å². The lowest BCUT2D eigenvalue weighted by Crippen LogP contribution is -2.40. The first-order valence-corrected chi connectivity index (χ1v) is 6.53. The Morgan fingerprint density at radius 3 is 2.92 bits per heavy atom. The Hall–Kier alpha value is 0.260. The van der Waals surface area contributed by atoms with Crippen molar-refractivity contribution in [3.05, 3.63) is 0 Å². The summed E-state index contributed by atoms with van der Waals surface area (Å²) >= 11 is 1.86. The highest BCUT2D eigenvalue weighted by Crippen LogP contribution is 2.19. The monoisotopic (exact) mass is 209 g/mol. The van der Waals surface area contributed by atoms with E-state index in [0.29, 0.717) is 6.54 Å². The minimum absolute atomic E-state index is 0.259. The lowest BCUT2D eigenvalue weighted by atomic mass is 10.2. The normalized spacial score (nSPS) is 26.3. The first kappa shape index (κ1) is 10.3. The van der Waals surface area contributed by atoms with Crippen molar-refractivity contribution in [1.82, 2.24) is 4.31 Å². The molecule has 1 fully saturated rings. The van der Waals surface area contributed by atoms with Gasteiger partial charge in [-0.1, -0.05) is 13.3 Å². The van der Waals surface area contributed by atoms with Crippen molar-refractivity contribution in [1.29, 1.82) is 0 Å². The molecule has 0 aromatic rings. The van der Waals surface area contributed by atoms with E-state index >= 15 is 0 Å². The molecule has 1 saturated heterocycles. The second-order valence-corrected chi connectivity index (χ2v) is 5.06. The molecule has 0 saturated carbocycles. The zero-order chi connectivity index (χ0) is 8.97. The molecule has 1 rings (SSSR count). The summed E-state index contributed by atoms with van der Waals surface area (Å²) in [5, 5.41) is 0. The maximum atomic E-state index is 10.8. The quantitative estimate of drug-likeness (QED) is 0.696. The van der Waals surface area contributed by atoms with E-state index in [9.17, 15) is 8.42 Å². The number of thioether (sulfide) groups is 1. The average molecular weight is 209 g/mol. The molecule has 0 amide bonds. The summed E-state index contributed by atoms with van der Waals surface area (Å²) in [6, 6.07) is 0.259. The Kier molecular flexibility index (Phi) is 4.39. The number of thiol groups is 1. The molecule has 0 radical (unpaired) electrons. The molecular formula is C7H15NO2S2. The molecule has 0 N–H and O–H groups in total. The van der Waals surface area contributed by atoms with E-state index in [0.717, 1.165) is 24.3 Å². The highest BCUT2D eigenvalue weighted by molar-refractivity contribution is 7.99. The maximum absolute atomic E-state index is 10.8. The summed E-state index contributed by atoms with van der Waals surface area (Å²) in [7, 11) is -2.35. The average Bonchev–Trinajstić information content (AvgIpc) is 2.05. The Morgan fingerprint density at radius 2 is 2.33 bits per heavy atom. The van der Waals surface area contributed by atoms with E-state index in [4.69, 9.17) is 0 Å². The van der Waals surface area contributed by atoms with Crippen LogP contribution in [0.4, 0.5) is 0 Å². The first-order chi connectivity index (χ1) is 5.75. The lowest BCUT2D eigenvalue weighted by molar-refractivity contribution is 0.341. The van der Waals surface area contributed by atoms with E-state index in [1.807, 2.05) is 11.8 Å². The van der Waals surface area contributed by atoms with Crippen molar-refractivity contribution in [3.8, 4) is 0 Å². The fourth-order valence-corrected chi connectivity index (χ4v) is 3.51. The van der Waals surface area contributed by atoms with E-state index in [2.05, 4.69) is 6.92 Å². The Morgan fingerprint density at radius 1 is 1.58 bits per heavy atom. The van der Waals surface area contributed by atoms with Crippen LogP contribution in [0.25, 0.3) is 0 Å². The number of hydrogen-bond acceptors (Lipinski definition) is 3. The molecule has 72 valence electrons. The molecule has 0 aromatic carbocycles. The predicted octanol–water partition coefficient (Wildman–Crippen LogP) is 0.730. The van der Waals surface area contributed by atoms with Crippen LogP contribution in [0, 0.1) is 0 Å². The molecular weight excluding hydrogens is 194 g/mol. The van der Waals surface area contributed by atoms with Gasteiger partial charge in [0.05, 0.1) is 0 Å². The molecule has 1 aliphatic rings. The van der Waals surface area contributed by atoms with Gasteiger partial charge in [-0.2, -0.15) is 16.1 Å². The van der Waals surface area contributed by atoms with Gasteiger partial charge < -0.3 is 0 Å². The largest absolute Gasteiger partial charge is 0.215 e. The van der Waals surface area contributed by atoms with Gasteiger partial charge in [-0.05, 0) is 6.42 Å². The van der Waals surface area contributed by atoms with Crippen LogP contribution in [-0.2, 0) is 10.9 Å². The van der Waals surface area contributed by atoms with Gasteiger partial charge in [0.15, 0.2) is 0 Å². The smallest absolute Gasteiger partial charge is 0.204 e. The summed E-state index contributed by atoms with van der Waals surface area (Å²) in [6.45, 7) is 2.80. The van der Waals surface area contributed by atoms with Crippen molar-refractivity contribution in [2.24, 2.45) is 0 Å². The molecule has 3 nitrogen and oxygen atoms in total. The van der Waals surface area contributed by atoms with Crippen LogP contribution in [0.5, 0.6) is 0 Å². The summed E-state index contributed by atoms with van der Waals surface area (Å²) in [6.07, 6.45) is 2.06. The minimum atomic E-state index is -2.35. The Labute approximate surface area is 79.6 Å². The fraction of sp³-hybridized carbons (Fsp3) is 1.00. The Balaban J connectivity index is 2.54. The summed E-state index contributed by atoms with van der Waals surface area (Å²) < 4.78 is 23.2. The summed E-state index contributed by atoms with van der Waals surface area (Å²) in [5.74, 6) is 1.92. The van der Waals surface area contributed by atoms with Crippen molar-refractivity contribution in [2.45, 2.75) is 25.8 Å². The van der Waals surface area contributed by atoms with Crippen LogP contribution < -0.4 is 0 Å². The van der Waals surface area contributed by atoms with Crippen LogP contribution >= 0.6 is 11.8 Å². The zero-order valence-electron chi connectivity index (χ0n) is 7.23. The second kappa shape index (κ2) is 5.09. The molecule has 0 bridgehead atoms. The molecule has 1 atom stereocenters. The number of nitrogens with zero attached hydrogens (tertiary/aromatic N) is 1. The van der Waals surface area contributed by atoms with Crippen molar-refractivity contribution in [3.63, 3.8) is 0 Å². The van der Waals surface area contributed by atoms with Crippen molar-refractivity contribution < 1.29 is 8.42 Å². The molecule has 0 aromatic heterocycles. The van der Waals surface area contributed by atoms with Crippen LogP contribution in [0.2, 0.25) is 0 Å². The van der Waals surface area contributed by atoms with E-state index in [1.54, 1.807) is 4.31 Å². The van der Waals surface area contributed by atoms with Gasteiger partial charge in [0.2, 0.25) is 10.9 Å². The minimum Gasteiger partial charge on any atom is -0.215 e. The van der Waals surface area contributed by atoms with Gasteiger partial charge in [0.1, 0.15) is 0 Å². The predicted molar refractivity (Wildman–Crippen MR) is 53.0 cm³/mol. The van der Waals surface area contributed by atoms with E-state index < -0.39 is 10.9 Å². The topological polar surface area (TPSA) is 37.4 Å². The van der Waals surface area contributed by atoms with E-state index in [1.165, 1.54) is 0 Å². The fourth-order valence-electron chi connectivity index (χ4n) is 1.43. The van der Waals surface area contributed by atoms with Gasteiger partial charge in [-0.25, -0.2) is 8.42 Å². The lowest BCUT2D eigenvalue weighted by Gasteiger charge is -2.30. The van der Waals surface area contributed by atoms with Gasteiger partial charge in [-0.15, -0.1) is 0 Å². The SMILES string of the molecule is CCCC1CSCCN1[SH](=O)=O. The van der Waals surface area contributed by atoms with Gasteiger partial charge in [0, 0.05) is 24.1 Å². The highest BCUT2D eigenvalue weighted by Gasteiger charge is 2.23. The molecule has 0 spiro atoms. The van der Waals surface area contributed by atoms with Crippen LogP contribution in [0.3, 0.4) is 0 Å². The first-order valence-electron chi connectivity index (χ1n) is 4.24. The standard InChI is InChI=1S/C7H15NO2S2/c1-2-3-7-6-11-5-4-8(7)12(9)10/h7,12H,2-6H2,1H3.